The zero-order valence-electron chi connectivity index (χ0n) is 20.1. The van der Waals surface area contributed by atoms with Crippen molar-refractivity contribution < 1.29 is 9.53 Å². The van der Waals surface area contributed by atoms with Crippen molar-refractivity contribution in [2.24, 2.45) is 5.92 Å². The van der Waals surface area contributed by atoms with Gasteiger partial charge in [0.25, 0.3) is 5.56 Å². The lowest BCUT2D eigenvalue weighted by atomic mass is 9.75. The second kappa shape index (κ2) is 8.55. The summed E-state index contributed by atoms with van der Waals surface area (Å²) < 4.78 is 10.7. The van der Waals surface area contributed by atoms with Crippen molar-refractivity contribution in [3.63, 3.8) is 0 Å². The topological polar surface area (TPSA) is 133 Å². The Kier molecular flexibility index (Phi) is 5.32. The SMILES string of the molecule is CC(C)c1nn(CC(=O)Nc2ccc3nncn3c2)c(=O)cc1Nc1cnn(CC23CC(CO2)C3)c1. The molecular formula is C24H27N9O3. The number of hydrogen-bond donors (Lipinski definition) is 2. The summed E-state index contributed by atoms with van der Waals surface area (Å²) in [5.41, 5.74) is 2.84. The molecule has 186 valence electrons. The van der Waals surface area contributed by atoms with Crippen LogP contribution in [0.4, 0.5) is 17.1 Å². The Bertz CT molecular complexity index is 1490. The fraction of sp³-hybridized carbons (Fsp3) is 0.417. The van der Waals surface area contributed by atoms with Gasteiger partial charge in [0, 0.05) is 18.5 Å². The van der Waals surface area contributed by atoms with Gasteiger partial charge in [-0.05, 0) is 36.8 Å². The van der Waals surface area contributed by atoms with Crippen LogP contribution in [0.3, 0.4) is 0 Å². The van der Waals surface area contributed by atoms with E-state index in [2.05, 4.69) is 31.0 Å². The monoisotopic (exact) mass is 489 g/mol. The number of amides is 1. The van der Waals surface area contributed by atoms with E-state index < -0.39 is 0 Å². The number of rotatable bonds is 8. The minimum atomic E-state index is -0.377. The van der Waals surface area contributed by atoms with Crippen molar-refractivity contribution in [1.82, 2.24) is 34.2 Å². The summed E-state index contributed by atoms with van der Waals surface area (Å²) in [5.74, 6) is 0.357. The van der Waals surface area contributed by atoms with E-state index in [-0.39, 0.29) is 29.5 Å². The summed E-state index contributed by atoms with van der Waals surface area (Å²) in [4.78, 5) is 25.5. The van der Waals surface area contributed by atoms with E-state index in [1.165, 1.54) is 10.7 Å². The van der Waals surface area contributed by atoms with Crippen LogP contribution < -0.4 is 16.2 Å². The third-order valence-electron chi connectivity index (χ3n) is 6.75. The Morgan fingerprint density at radius 3 is 2.89 bits per heavy atom. The quantitative estimate of drug-likeness (QED) is 0.385. The maximum atomic E-state index is 12.8. The van der Waals surface area contributed by atoms with Crippen LogP contribution >= 0.6 is 0 Å². The van der Waals surface area contributed by atoms with Crippen molar-refractivity contribution in [3.8, 4) is 0 Å². The lowest BCUT2D eigenvalue weighted by Crippen LogP contribution is -2.40. The van der Waals surface area contributed by atoms with E-state index in [1.54, 1.807) is 35.3 Å². The summed E-state index contributed by atoms with van der Waals surface area (Å²) >= 11 is 0. The third-order valence-corrected chi connectivity index (χ3v) is 6.75. The Morgan fingerprint density at radius 1 is 1.25 bits per heavy atom. The Hall–Kier alpha value is -4.06. The number of nitrogens with one attached hydrogen (secondary N) is 2. The van der Waals surface area contributed by atoms with Gasteiger partial charge in [0.15, 0.2) is 5.65 Å². The Balaban J connectivity index is 1.16. The molecule has 0 radical (unpaired) electrons. The number of anilines is 3. The molecule has 12 nitrogen and oxygen atoms in total. The first-order chi connectivity index (χ1) is 17.4. The van der Waals surface area contributed by atoms with E-state index >= 15 is 0 Å². The van der Waals surface area contributed by atoms with Gasteiger partial charge in [0.05, 0.1) is 47.7 Å². The van der Waals surface area contributed by atoms with Crippen molar-refractivity contribution in [2.75, 3.05) is 17.2 Å². The second-order valence-electron chi connectivity index (χ2n) is 9.98. The van der Waals surface area contributed by atoms with Crippen LogP contribution in [0.15, 0.2) is 47.9 Å². The van der Waals surface area contributed by atoms with E-state index in [9.17, 15) is 9.59 Å². The number of carbonyl (C=O) groups is 1. The van der Waals surface area contributed by atoms with Crippen LogP contribution in [-0.4, -0.2) is 52.3 Å². The molecule has 36 heavy (non-hydrogen) atoms. The van der Waals surface area contributed by atoms with Crippen LogP contribution in [0.25, 0.3) is 5.65 Å². The fourth-order valence-corrected chi connectivity index (χ4v) is 5.05. The highest BCUT2D eigenvalue weighted by molar-refractivity contribution is 5.90. The smallest absolute Gasteiger partial charge is 0.269 e. The van der Waals surface area contributed by atoms with E-state index in [0.29, 0.717) is 28.6 Å². The van der Waals surface area contributed by atoms with Crippen LogP contribution in [0.1, 0.15) is 38.3 Å². The Morgan fingerprint density at radius 2 is 2.11 bits per heavy atom. The molecule has 7 rings (SSSR count). The molecular weight excluding hydrogens is 462 g/mol. The summed E-state index contributed by atoms with van der Waals surface area (Å²) in [6.07, 6.45) is 9.09. The number of carbonyl (C=O) groups excluding carboxylic acids is 1. The molecule has 4 aromatic heterocycles. The lowest BCUT2D eigenvalue weighted by molar-refractivity contribution is -0.117. The molecule has 1 aliphatic carbocycles. The van der Waals surface area contributed by atoms with Gasteiger partial charge in [-0.25, -0.2) is 4.68 Å². The number of hydrogen-bond acceptors (Lipinski definition) is 8. The van der Waals surface area contributed by atoms with Gasteiger partial charge < -0.3 is 15.4 Å². The highest BCUT2D eigenvalue weighted by Crippen LogP contribution is 2.49. The van der Waals surface area contributed by atoms with Crippen molar-refractivity contribution >= 4 is 28.6 Å². The maximum Gasteiger partial charge on any atom is 0.269 e. The zero-order chi connectivity index (χ0) is 24.9. The normalized spacial score (nSPS) is 20.6. The van der Waals surface area contributed by atoms with Gasteiger partial charge >= 0.3 is 0 Å². The number of nitrogens with zero attached hydrogens (tertiary/aromatic N) is 7. The first kappa shape index (κ1) is 22.4. The number of ether oxygens (including phenoxy) is 1. The third kappa shape index (κ3) is 4.24. The molecule has 0 unspecified atom stereocenters. The minimum Gasteiger partial charge on any atom is -0.373 e. The molecule has 0 aromatic carbocycles. The second-order valence-corrected chi connectivity index (χ2v) is 9.98. The van der Waals surface area contributed by atoms with Gasteiger partial charge in [0.1, 0.15) is 12.9 Å². The molecule has 2 saturated heterocycles. The number of fused-ring (bicyclic) bond motifs is 2. The van der Waals surface area contributed by atoms with Gasteiger partial charge in [-0.3, -0.25) is 18.7 Å². The Labute approximate surface area is 206 Å². The average Bonchev–Trinajstić information content (AvgIpc) is 3.60. The highest BCUT2D eigenvalue weighted by atomic mass is 16.5. The molecule has 3 fully saturated rings. The summed E-state index contributed by atoms with van der Waals surface area (Å²) in [7, 11) is 0. The van der Waals surface area contributed by atoms with E-state index in [0.717, 1.165) is 31.7 Å². The first-order valence-corrected chi connectivity index (χ1v) is 12.0. The predicted octanol–water partition coefficient (Wildman–Crippen LogP) is 2.17. The van der Waals surface area contributed by atoms with Crippen LogP contribution in [0.2, 0.25) is 0 Å². The van der Waals surface area contributed by atoms with Crippen LogP contribution in [0.5, 0.6) is 0 Å². The molecule has 2 aliphatic heterocycles. The van der Waals surface area contributed by atoms with Crippen molar-refractivity contribution in [1.29, 1.82) is 0 Å². The highest BCUT2D eigenvalue weighted by Gasteiger charge is 2.52. The van der Waals surface area contributed by atoms with Gasteiger partial charge in [-0.1, -0.05) is 13.8 Å². The van der Waals surface area contributed by atoms with Gasteiger partial charge in [-0.15, -0.1) is 10.2 Å². The molecule has 2 N–H and O–H groups in total. The largest absolute Gasteiger partial charge is 0.373 e. The predicted molar refractivity (Wildman–Crippen MR) is 131 cm³/mol. The van der Waals surface area contributed by atoms with E-state index in [1.807, 2.05) is 24.7 Å². The molecule has 12 heteroatoms. The molecule has 3 aliphatic rings. The van der Waals surface area contributed by atoms with Gasteiger partial charge in [0.2, 0.25) is 5.91 Å². The molecule has 1 saturated carbocycles. The maximum absolute atomic E-state index is 12.8. The summed E-state index contributed by atoms with van der Waals surface area (Å²) in [6, 6.07) is 4.95. The van der Waals surface area contributed by atoms with Crippen molar-refractivity contribution in [3.05, 3.63) is 59.2 Å². The van der Waals surface area contributed by atoms with E-state index in [4.69, 9.17) is 4.74 Å². The molecule has 2 bridgehead atoms. The molecule has 0 atom stereocenters. The van der Waals surface area contributed by atoms with Crippen LogP contribution in [-0.2, 0) is 22.6 Å². The molecule has 6 heterocycles. The molecule has 1 amide bonds. The minimum absolute atomic E-state index is 0.0197. The number of pyridine rings is 1. The molecule has 4 aromatic rings. The lowest BCUT2D eigenvalue weighted by Gasteiger charge is -2.35. The summed E-state index contributed by atoms with van der Waals surface area (Å²) in [6.45, 7) is 5.34. The van der Waals surface area contributed by atoms with Crippen LogP contribution in [0, 0.1) is 5.92 Å². The van der Waals surface area contributed by atoms with Gasteiger partial charge in [-0.2, -0.15) is 10.2 Å². The first-order valence-electron chi connectivity index (χ1n) is 12.0. The number of aromatic nitrogens is 7. The van der Waals surface area contributed by atoms with Crippen molar-refractivity contribution in [2.45, 2.75) is 51.3 Å². The standard InChI is InChI=1S/C24H27N9O3/c1-15(2)23-19(27-18-8-26-32(10-18)13-24-6-16(7-24)12-36-24)5-22(35)33(30-23)11-21(34)28-17-3-4-20-29-25-14-31(20)9-17/h3-5,8-10,14-16,27H,6-7,11-13H2,1-2H3,(H,28,34). The average molecular weight is 490 g/mol. The fourth-order valence-electron chi connectivity index (χ4n) is 5.05. The zero-order valence-corrected chi connectivity index (χ0v) is 20.1. The summed E-state index contributed by atoms with van der Waals surface area (Å²) in [5, 5.41) is 22.8. The molecule has 0 spiro atoms.